The summed E-state index contributed by atoms with van der Waals surface area (Å²) in [7, 11) is 0. The highest BCUT2D eigenvalue weighted by Crippen LogP contribution is 2.36. The third-order valence-electron chi connectivity index (χ3n) is 4.53. The molecule has 1 atom stereocenters. The van der Waals surface area contributed by atoms with Crippen LogP contribution in [0.3, 0.4) is 0 Å². The number of hydrogen-bond acceptors (Lipinski definition) is 4. The zero-order valence-corrected chi connectivity index (χ0v) is 15.6. The van der Waals surface area contributed by atoms with E-state index in [0.29, 0.717) is 12.1 Å². The summed E-state index contributed by atoms with van der Waals surface area (Å²) >= 11 is 0. The Balaban J connectivity index is 1.62. The van der Waals surface area contributed by atoms with Crippen molar-refractivity contribution < 1.29 is 14.4 Å². The molecule has 2 heterocycles. The molecule has 2 N–H and O–H groups in total. The second-order valence-electron chi connectivity index (χ2n) is 6.72. The maximum atomic E-state index is 12.7. The van der Waals surface area contributed by atoms with Crippen LogP contribution in [0.5, 0.6) is 0 Å². The lowest BCUT2D eigenvalue weighted by Crippen LogP contribution is -2.46. The SMILES string of the molecule is Cc1ccnn1CCNC(=O)C(=O)N[C@H]1C(=O)N(C(C)C)c2ccccc21. The number of rotatable bonds is 5. The van der Waals surface area contributed by atoms with Crippen molar-refractivity contribution >= 4 is 23.4 Å². The van der Waals surface area contributed by atoms with Crippen molar-refractivity contribution in [3.63, 3.8) is 0 Å². The Labute approximate surface area is 157 Å². The smallest absolute Gasteiger partial charge is 0.310 e. The maximum absolute atomic E-state index is 12.7. The Hall–Kier alpha value is -3.16. The number of nitrogens with one attached hydrogen (secondary N) is 2. The van der Waals surface area contributed by atoms with Gasteiger partial charge in [-0.3, -0.25) is 19.1 Å². The molecule has 3 rings (SSSR count). The number of benzene rings is 1. The Bertz CT molecular complexity index is 874. The van der Waals surface area contributed by atoms with E-state index in [2.05, 4.69) is 15.7 Å². The van der Waals surface area contributed by atoms with E-state index in [1.807, 2.05) is 45.0 Å². The first-order valence-electron chi connectivity index (χ1n) is 8.89. The fourth-order valence-electron chi connectivity index (χ4n) is 3.20. The van der Waals surface area contributed by atoms with Crippen LogP contribution in [0.25, 0.3) is 0 Å². The number of amides is 3. The van der Waals surface area contributed by atoms with E-state index in [1.165, 1.54) is 0 Å². The van der Waals surface area contributed by atoms with E-state index in [0.717, 1.165) is 11.4 Å². The molecule has 0 radical (unpaired) electrons. The summed E-state index contributed by atoms with van der Waals surface area (Å²) in [5.74, 6) is -1.83. The number of carbonyl (C=O) groups is 3. The Kier molecular flexibility index (Phi) is 5.25. The standard InChI is InChI=1S/C19H23N5O3/c1-12(2)24-15-7-5-4-6-14(15)16(19(24)27)22-18(26)17(25)20-10-11-23-13(3)8-9-21-23/h4-9,12,16H,10-11H2,1-3H3,(H,20,25)(H,22,26)/t16-/m1/s1. The molecule has 0 aliphatic carbocycles. The van der Waals surface area contributed by atoms with Gasteiger partial charge < -0.3 is 15.5 Å². The van der Waals surface area contributed by atoms with Crippen LogP contribution in [0.4, 0.5) is 5.69 Å². The molecule has 1 aliphatic rings. The van der Waals surface area contributed by atoms with Crippen LogP contribution in [0, 0.1) is 6.92 Å². The molecule has 8 nitrogen and oxygen atoms in total. The Morgan fingerprint density at radius 2 is 1.93 bits per heavy atom. The normalized spacial score (nSPS) is 15.8. The van der Waals surface area contributed by atoms with Crippen LogP contribution in [0.2, 0.25) is 0 Å². The van der Waals surface area contributed by atoms with E-state index in [4.69, 9.17) is 0 Å². The monoisotopic (exact) mass is 369 g/mol. The van der Waals surface area contributed by atoms with Gasteiger partial charge in [0.25, 0.3) is 5.91 Å². The minimum Gasteiger partial charge on any atom is -0.346 e. The van der Waals surface area contributed by atoms with Gasteiger partial charge in [0.2, 0.25) is 0 Å². The van der Waals surface area contributed by atoms with E-state index in [9.17, 15) is 14.4 Å². The summed E-state index contributed by atoms with van der Waals surface area (Å²) in [6.45, 7) is 6.45. The molecule has 2 aromatic rings. The fourth-order valence-corrected chi connectivity index (χ4v) is 3.20. The quantitative estimate of drug-likeness (QED) is 0.766. The lowest BCUT2D eigenvalue weighted by molar-refractivity contribution is -0.140. The van der Waals surface area contributed by atoms with Gasteiger partial charge in [0.15, 0.2) is 0 Å². The van der Waals surface area contributed by atoms with Gasteiger partial charge in [-0.2, -0.15) is 5.10 Å². The first kappa shape index (κ1) is 18.6. The molecular weight excluding hydrogens is 346 g/mol. The van der Waals surface area contributed by atoms with Gasteiger partial charge >= 0.3 is 11.8 Å². The van der Waals surface area contributed by atoms with Crippen molar-refractivity contribution in [3.8, 4) is 0 Å². The van der Waals surface area contributed by atoms with Crippen LogP contribution >= 0.6 is 0 Å². The minimum absolute atomic E-state index is 0.0494. The van der Waals surface area contributed by atoms with Crippen LogP contribution in [-0.2, 0) is 20.9 Å². The molecule has 0 unspecified atom stereocenters. The number of aryl methyl sites for hydroxylation is 1. The van der Waals surface area contributed by atoms with Gasteiger partial charge in [-0.25, -0.2) is 0 Å². The van der Waals surface area contributed by atoms with Gasteiger partial charge in [-0.15, -0.1) is 0 Å². The third-order valence-corrected chi connectivity index (χ3v) is 4.53. The topological polar surface area (TPSA) is 96.3 Å². The number of carbonyl (C=O) groups excluding carboxylic acids is 3. The van der Waals surface area contributed by atoms with Crippen molar-refractivity contribution in [2.24, 2.45) is 0 Å². The van der Waals surface area contributed by atoms with E-state index < -0.39 is 17.9 Å². The maximum Gasteiger partial charge on any atom is 0.310 e. The lowest BCUT2D eigenvalue weighted by atomic mass is 10.1. The van der Waals surface area contributed by atoms with Crippen LogP contribution in [-0.4, -0.2) is 40.1 Å². The molecule has 0 fully saturated rings. The van der Waals surface area contributed by atoms with Gasteiger partial charge in [-0.1, -0.05) is 18.2 Å². The summed E-state index contributed by atoms with van der Waals surface area (Å²) in [6.07, 6.45) is 1.67. The van der Waals surface area contributed by atoms with Crippen molar-refractivity contribution in [1.82, 2.24) is 20.4 Å². The van der Waals surface area contributed by atoms with E-state index in [-0.39, 0.29) is 18.5 Å². The molecule has 1 aliphatic heterocycles. The zero-order valence-electron chi connectivity index (χ0n) is 15.6. The molecular formula is C19H23N5O3. The van der Waals surface area contributed by atoms with Crippen molar-refractivity contribution in [1.29, 1.82) is 0 Å². The molecule has 0 spiro atoms. The first-order valence-corrected chi connectivity index (χ1v) is 8.89. The van der Waals surface area contributed by atoms with Crippen LogP contribution in [0.1, 0.15) is 31.1 Å². The third kappa shape index (κ3) is 3.69. The number of para-hydroxylation sites is 1. The highest BCUT2D eigenvalue weighted by atomic mass is 16.2. The highest BCUT2D eigenvalue weighted by molar-refractivity contribution is 6.35. The summed E-state index contributed by atoms with van der Waals surface area (Å²) in [4.78, 5) is 38.7. The van der Waals surface area contributed by atoms with Crippen LogP contribution in [0.15, 0.2) is 36.5 Å². The number of nitrogens with zero attached hydrogens (tertiary/aromatic N) is 3. The molecule has 0 bridgehead atoms. The van der Waals surface area contributed by atoms with Gasteiger partial charge in [0.1, 0.15) is 6.04 Å². The van der Waals surface area contributed by atoms with E-state index >= 15 is 0 Å². The summed E-state index contributed by atoms with van der Waals surface area (Å²) in [6, 6.07) is 8.24. The molecule has 142 valence electrons. The zero-order chi connectivity index (χ0) is 19.6. The van der Waals surface area contributed by atoms with Gasteiger partial charge in [0, 0.05) is 35.7 Å². The lowest BCUT2D eigenvalue weighted by Gasteiger charge is -2.22. The fraction of sp³-hybridized carbons (Fsp3) is 0.368. The van der Waals surface area contributed by atoms with Crippen molar-refractivity contribution in [2.75, 3.05) is 11.4 Å². The molecule has 1 aromatic heterocycles. The Morgan fingerprint density at radius 1 is 1.19 bits per heavy atom. The number of anilines is 1. The summed E-state index contributed by atoms with van der Waals surface area (Å²) in [5.41, 5.74) is 2.43. The van der Waals surface area contributed by atoms with Crippen molar-refractivity contribution in [3.05, 3.63) is 47.8 Å². The second kappa shape index (κ2) is 7.61. The molecule has 1 aromatic carbocycles. The predicted octanol–water partition coefficient (Wildman–Crippen LogP) is 0.920. The molecule has 0 saturated heterocycles. The minimum atomic E-state index is -0.852. The van der Waals surface area contributed by atoms with Gasteiger partial charge in [-0.05, 0) is 32.9 Å². The highest BCUT2D eigenvalue weighted by Gasteiger charge is 2.39. The summed E-state index contributed by atoms with van der Waals surface area (Å²) < 4.78 is 1.73. The average Bonchev–Trinajstić information content (AvgIpc) is 3.16. The first-order chi connectivity index (χ1) is 12.9. The number of hydrogen-bond donors (Lipinski definition) is 2. The van der Waals surface area contributed by atoms with E-state index in [1.54, 1.807) is 21.8 Å². The second-order valence-corrected chi connectivity index (χ2v) is 6.72. The molecule has 27 heavy (non-hydrogen) atoms. The summed E-state index contributed by atoms with van der Waals surface area (Å²) in [5, 5.41) is 9.23. The molecule has 3 amide bonds. The molecule has 8 heteroatoms. The molecule has 0 saturated carbocycles. The average molecular weight is 369 g/mol. The van der Waals surface area contributed by atoms with Crippen molar-refractivity contribution in [2.45, 2.75) is 39.4 Å². The largest absolute Gasteiger partial charge is 0.346 e. The van der Waals surface area contributed by atoms with Crippen LogP contribution < -0.4 is 15.5 Å². The number of aromatic nitrogens is 2. The number of fused-ring (bicyclic) bond motifs is 1. The predicted molar refractivity (Wildman–Crippen MR) is 99.9 cm³/mol. The Morgan fingerprint density at radius 3 is 2.59 bits per heavy atom. The van der Waals surface area contributed by atoms with Gasteiger partial charge in [0.05, 0.1) is 6.54 Å².